The van der Waals surface area contributed by atoms with Crippen molar-refractivity contribution < 1.29 is 13.9 Å². The number of H-pyrrole nitrogens is 1. The maximum atomic E-state index is 15.0. The van der Waals surface area contributed by atoms with Crippen LogP contribution in [0.1, 0.15) is 62.4 Å². The highest BCUT2D eigenvalue weighted by molar-refractivity contribution is 6.06. The van der Waals surface area contributed by atoms with Gasteiger partial charge in [-0.05, 0) is 64.7 Å². The molecule has 6 heteroatoms. The molecule has 0 unspecified atom stereocenters. The number of fused-ring (bicyclic) bond motifs is 1. The summed E-state index contributed by atoms with van der Waals surface area (Å²) in [6.45, 7) is 9.19. The molecule has 1 aliphatic carbocycles. The van der Waals surface area contributed by atoms with Crippen molar-refractivity contribution in [1.82, 2.24) is 4.98 Å². The van der Waals surface area contributed by atoms with Gasteiger partial charge in [0.2, 0.25) is 0 Å². The fourth-order valence-corrected chi connectivity index (χ4v) is 3.52. The summed E-state index contributed by atoms with van der Waals surface area (Å²) in [5.41, 5.74) is 4.07. The van der Waals surface area contributed by atoms with Crippen LogP contribution in [0.4, 0.5) is 9.18 Å². The van der Waals surface area contributed by atoms with Crippen molar-refractivity contribution in [2.24, 2.45) is 4.99 Å². The van der Waals surface area contributed by atoms with Crippen molar-refractivity contribution in [2.75, 3.05) is 0 Å². The van der Waals surface area contributed by atoms with Gasteiger partial charge in [0.05, 0.1) is 11.1 Å². The van der Waals surface area contributed by atoms with Crippen molar-refractivity contribution in [1.29, 1.82) is 5.26 Å². The topological polar surface area (TPSA) is 78.2 Å². The summed E-state index contributed by atoms with van der Waals surface area (Å²) in [5.74, 6) is -0.434. The molecule has 0 radical (unpaired) electrons. The summed E-state index contributed by atoms with van der Waals surface area (Å²) in [6, 6.07) is 3.33. The molecule has 28 heavy (non-hydrogen) atoms. The molecule has 5 nitrogen and oxygen atoms in total. The summed E-state index contributed by atoms with van der Waals surface area (Å²) >= 11 is 0. The maximum Gasteiger partial charge on any atom is 0.434 e. The summed E-state index contributed by atoms with van der Waals surface area (Å²) in [7, 11) is 0. The minimum Gasteiger partial charge on any atom is -0.442 e. The van der Waals surface area contributed by atoms with Gasteiger partial charge in [0, 0.05) is 28.8 Å². The molecule has 0 atom stereocenters. The number of allylic oxidation sites excluding steroid dienone is 2. The quantitative estimate of drug-likeness (QED) is 0.684. The summed E-state index contributed by atoms with van der Waals surface area (Å²) < 4.78 is 20.3. The van der Waals surface area contributed by atoms with Gasteiger partial charge in [-0.15, -0.1) is 0 Å². The third kappa shape index (κ3) is 3.84. The molecule has 3 rings (SSSR count). The van der Waals surface area contributed by atoms with E-state index in [0.29, 0.717) is 36.1 Å². The van der Waals surface area contributed by atoms with E-state index in [0.717, 1.165) is 22.2 Å². The van der Waals surface area contributed by atoms with Gasteiger partial charge in [0.25, 0.3) is 0 Å². The van der Waals surface area contributed by atoms with Crippen molar-refractivity contribution in [3.05, 3.63) is 40.3 Å². The Morgan fingerprint density at radius 1 is 1.36 bits per heavy atom. The van der Waals surface area contributed by atoms with Crippen LogP contribution in [0.2, 0.25) is 0 Å². The zero-order chi connectivity index (χ0) is 20.6. The van der Waals surface area contributed by atoms with E-state index in [9.17, 15) is 10.1 Å². The van der Waals surface area contributed by atoms with Crippen molar-refractivity contribution in [3.8, 4) is 6.07 Å². The number of rotatable bonds is 1. The molecule has 0 saturated carbocycles. The number of nitrogens with one attached hydrogen (secondary N) is 1. The molecule has 146 valence electrons. The van der Waals surface area contributed by atoms with E-state index in [1.807, 2.05) is 19.9 Å². The smallest absolute Gasteiger partial charge is 0.434 e. The lowest BCUT2D eigenvalue weighted by molar-refractivity contribution is 0.0604. The highest BCUT2D eigenvalue weighted by atomic mass is 19.1. The minimum atomic E-state index is -0.622. The van der Waals surface area contributed by atoms with E-state index in [2.05, 4.69) is 16.0 Å². The number of aryl methyl sites for hydroxylation is 2. The molecule has 1 aliphatic rings. The largest absolute Gasteiger partial charge is 0.442 e. The maximum absolute atomic E-state index is 15.0. The van der Waals surface area contributed by atoms with Gasteiger partial charge in [-0.2, -0.15) is 10.3 Å². The molecule has 1 aromatic heterocycles. The van der Waals surface area contributed by atoms with Crippen molar-refractivity contribution >= 4 is 28.3 Å². The fourth-order valence-electron chi connectivity index (χ4n) is 3.52. The SMILES string of the molecule is Cc1[nH]c2c(C#N)cc(F)c(C3=CCC/C(=N/C(=O)OC(C)(C)C)C3)c2c1C. The van der Waals surface area contributed by atoms with Gasteiger partial charge in [0.15, 0.2) is 0 Å². The lowest BCUT2D eigenvalue weighted by Gasteiger charge is -2.20. The lowest BCUT2D eigenvalue weighted by atomic mass is 9.88. The number of aliphatic imine (C=N–C) groups is 1. The second kappa shape index (κ2) is 7.23. The minimum absolute atomic E-state index is 0.284. The zero-order valence-corrected chi connectivity index (χ0v) is 16.9. The van der Waals surface area contributed by atoms with E-state index in [-0.39, 0.29) is 5.56 Å². The van der Waals surface area contributed by atoms with E-state index in [1.54, 1.807) is 20.8 Å². The third-order valence-corrected chi connectivity index (χ3v) is 4.83. The molecular weight excluding hydrogens is 357 g/mol. The number of carbonyl (C=O) groups excluding carboxylic acids is 1. The molecule has 0 aliphatic heterocycles. The molecule has 1 amide bonds. The number of carbonyl (C=O) groups is 1. The van der Waals surface area contributed by atoms with Crippen LogP contribution in [-0.4, -0.2) is 22.4 Å². The number of amides is 1. The number of hydrogen-bond donors (Lipinski definition) is 1. The Labute approximate surface area is 163 Å². The number of aromatic amines is 1. The summed E-state index contributed by atoms with van der Waals surface area (Å²) in [4.78, 5) is 19.3. The van der Waals surface area contributed by atoms with Gasteiger partial charge in [-0.25, -0.2) is 9.18 Å². The molecule has 1 N–H and O–H groups in total. The first kappa shape index (κ1) is 19.8. The Hall–Kier alpha value is -2.94. The number of benzene rings is 1. The number of nitriles is 1. The van der Waals surface area contributed by atoms with E-state index >= 15 is 4.39 Å². The third-order valence-electron chi connectivity index (χ3n) is 4.83. The van der Waals surface area contributed by atoms with Crippen LogP contribution in [0, 0.1) is 31.0 Å². The molecule has 2 aromatic rings. The molecular formula is C22H24FN3O2. The zero-order valence-electron chi connectivity index (χ0n) is 16.9. The van der Waals surface area contributed by atoms with Gasteiger partial charge < -0.3 is 9.72 Å². The van der Waals surface area contributed by atoms with Crippen molar-refractivity contribution in [3.63, 3.8) is 0 Å². The molecule has 0 spiro atoms. The molecule has 1 aromatic carbocycles. The first-order chi connectivity index (χ1) is 13.1. The predicted molar refractivity (Wildman–Crippen MR) is 108 cm³/mol. The van der Waals surface area contributed by atoms with E-state index in [1.165, 1.54) is 6.07 Å². The highest BCUT2D eigenvalue weighted by Crippen LogP contribution is 2.37. The Kier molecular flexibility index (Phi) is 5.12. The van der Waals surface area contributed by atoms with Crippen LogP contribution in [-0.2, 0) is 4.74 Å². The van der Waals surface area contributed by atoms with Gasteiger partial charge >= 0.3 is 6.09 Å². The lowest BCUT2D eigenvalue weighted by Crippen LogP contribution is -2.23. The van der Waals surface area contributed by atoms with Gasteiger partial charge in [-0.1, -0.05) is 6.08 Å². The van der Waals surface area contributed by atoms with Gasteiger partial charge in [0.1, 0.15) is 17.5 Å². The number of aromatic nitrogens is 1. The fraction of sp³-hybridized carbons (Fsp3) is 0.409. The van der Waals surface area contributed by atoms with Crippen LogP contribution in [0.5, 0.6) is 0 Å². The number of ether oxygens (including phenoxy) is 1. The first-order valence-electron chi connectivity index (χ1n) is 9.31. The van der Waals surface area contributed by atoms with Crippen LogP contribution in [0.3, 0.4) is 0 Å². The van der Waals surface area contributed by atoms with E-state index < -0.39 is 17.5 Å². The van der Waals surface area contributed by atoms with E-state index in [4.69, 9.17) is 4.74 Å². The number of nitrogens with zero attached hydrogens (tertiary/aromatic N) is 2. The molecule has 0 fully saturated rings. The van der Waals surface area contributed by atoms with Crippen LogP contribution >= 0.6 is 0 Å². The predicted octanol–water partition coefficient (Wildman–Crippen LogP) is 5.74. The Morgan fingerprint density at radius 3 is 2.71 bits per heavy atom. The Bertz CT molecular complexity index is 1060. The second-order valence-corrected chi connectivity index (χ2v) is 8.12. The van der Waals surface area contributed by atoms with Crippen LogP contribution < -0.4 is 0 Å². The monoisotopic (exact) mass is 381 g/mol. The summed E-state index contributed by atoms with van der Waals surface area (Å²) in [5, 5.41) is 10.1. The first-order valence-corrected chi connectivity index (χ1v) is 9.31. The average molecular weight is 381 g/mol. The molecule has 0 saturated heterocycles. The van der Waals surface area contributed by atoms with Crippen molar-refractivity contribution in [2.45, 2.75) is 59.5 Å². The Morgan fingerprint density at radius 2 is 2.07 bits per heavy atom. The highest BCUT2D eigenvalue weighted by Gasteiger charge is 2.23. The standard InChI is InChI=1S/C22H24FN3O2/c1-12-13(2)25-20-15(11-24)10-17(23)19(18(12)20)14-7-6-8-16(9-14)26-21(27)28-22(3,4)5/h7,10,25H,6,8-9H2,1-5H3/b26-16-. The normalized spacial score (nSPS) is 16.2. The Balaban J connectivity index is 2.04. The van der Waals surface area contributed by atoms with Crippen LogP contribution in [0.15, 0.2) is 17.1 Å². The van der Waals surface area contributed by atoms with Gasteiger partial charge in [-0.3, -0.25) is 0 Å². The molecule has 0 bridgehead atoms. The molecule has 1 heterocycles. The second-order valence-electron chi connectivity index (χ2n) is 8.12. The summed E-state index contributed by atoms with van der Waals surface area (Å²) in [6.07, 6.45) is 3.04. The average Bonchev–Trinajstić information content (AvgIpc) is 2.88. The number of hydrogen-bond acceptors (Lipinski definition) is 3. The van der Waals surface area contributed by atoms with Crippen LogP contribution in [0.25, 0.3) is 16.5 Å². The number of halogens is 1.